The smallest absolute Gasteiger partial charge is 0.248 e. The molecule has 6 nitrogen and oxygen atoms in total. The van der Waals surface area contributed by atoms with Crippen molar-refractivity contribution in [1.29, 1.82) is 0 Å². The highest BCUT2D eigenvalue weighted by molar-refractivity contribution is 6.04. The van der Waals surface area contributed by atoms with Gasteiger partial charge in [0, 0.05) is 30.3 Å². The number of fused-ring (bicyclic) bond motifs is 1. The lowest BCUT2D eigenvalue weighted by molar-refractivity contribution is -0.111. The largest absolute Gasteiger partial charge is 0.467 e. The van der Waals surface area contributed by atoms with Crippen molar-refractivity contribution in [1.82, 2.24) is 0 Å². The standard InChI is InChI=1S/C21H21FN2O4/c22-17-11-15(21-16(12-17)13-27-14-28-21)5-6-20(25)23-18-3-1-2-4-19(18)24-7-9-26-10-8-24/h1-6,11-12H,7-10,13-14H2,(H,23,25). The summed E-state index contributed by atoms with van der Waals surface area (Å²) in [4.78, 5) is 14.7. The number of halogens is 1. The van der Waals surface area contributed by atoms with E-state index in [1.165, 1.54) is 18.2 Å². The second-order valence-electron chi connectivity index (χ2n) is 6.53. The molecule has 1 N–H and O–H groups in total. The number of rotatable bonds is 4. The summed E-state index contributed by atoms with van der Waals surface area (Å²) in [5, 5.41) is 2.91. The molecule has 2 aliphatic heterocycles. The monoisotopic (exact) mass is 384 g/mol. The average molecular weight is 384 g/mol. The van der Waals surface area contributed by atoms with Crippen LogP contribution in [0.25, 0.3) is 6.08 Å². The average Bonchev–Trinajstić information content (AvgIpc) is 2.73. The fraction of sp³-hybridized carbons (Fsp3) is 0.286. The van der Waals surface area contributed by atoms with Gasteiger partial charge in [-0.05, 0) is 30.3 Å². The quantitative estimate of drug-likeness (QED) is 0.821. The van der Waals surface area contributed by atoms with Crippen LogP contribution in [0.15, 0.2) is 42.5 Å². The minimum absolute atomic E-state index is 0.110. The maximum atomic E-state index is 13.8. The molecule has 0 atom stereocenters. The molecule has 0 spiro atoms. The first-order chi connectivity index (χ1) is 13.7. The number of nitrogens with one attached hydrogen (secondary N) is 1. The Hall–Kier alpha value is -2.90. The van der Waals surface area contributed by atoms with Gasteiger partial charge < -0.3 is 24.4 Å². The maximum absolute atomic E-state index is 13.8. The van der Waals surface area contributed by atoms with Crippen LogP contribution >= 0.6 is 0 Å². The zero-order chi connectivity index (χ0) is 19.3. The first-order valence-corrected chi connectivity index (χ1v) is 9.14. The van der Waals surface area contributed by atoms with Gasteiger partial charge in [-0.2, -0.15) is 0 Å². The van der Waals surface area contributed by atoms with Crippen molar-refractivity contribution >= 4 is 23.4 Å². The van der Waals surface area contributed by atoms with Crippen LogP contribution in [-0.2, 0) is 20.9 Å². The molecule has 2 aliphatic rings. The molecule has 1 saturated heterocycles. The van der Waals surface area contributed by atoms with Crippen LogP contribution in [0.4, 0.5) is 15.8 Å². The Kier molecular flexibility index (Phi) is 5.55. The minimum atomic E-state index is -0.398. The number of carbonyl (C=O) groups is 1. The van der Waals surface area contributed by atoms with Gasteiger partial charge in [0.05, 0.1) is 31.2 Å². The molecule has 0 saturated carbocycles. The summed E-state index contributed by atoms with van der Waals surface area (Å²) in [6, 6.07) is 10.4. The Labute approximate surface area is 162 Å². The zero-order valence-electron chi connectivity index (χ0n) is 15.3. The Bertz CT molecular complexity index is 894. The number of hydrogen-bond acceptors (Lipinski definition) is 5. The summed E-state index contributed by atoms with van der Waals surface area (Å²) in [5.41, 5.74) is 2.82. The molecule has 2 aromatic carbocycles. The third kappa shape index (κ3) is 4.16. The lowest BCUT2D eigenvalue weighted by Crippen LogP contribution is -2.36. The molecule has 2 heterocycles. The van der Waals surface area contributed by atoms with Crippen LogP contribution < -0.4 is 15.0 Å². The number of morpholine rings is 1. The molecule has 1 amide bonds. The van der Waals surface area contributed by atoms with Gasteiger partial charge in [-0.25, -0.2) is 4.39 Å². The van der Waals surface area contributed by atoms with Crippen LogP contribution in [0.1, 0.15) is 11.1 Å². The number of nitrogens with zero attached hydrogens (tertiary/aromatic N) is 1. The molecule has 0 radical (unpaired) electrons. The van der Waals surface area contributed by atoms with Gasteiger partial charge >= 0.3 is 0 Å². The molecular formula is C21H21FN2O4. The topological polar surface area (TPSA) is 60.0 Å². The molecule has 0 aliphatic carbocycles. The van der Waals surface area contributed by atoms with Crippen LogP contribution in [-0.4, -0.2) is 39.0 Å². The van der Waals surface area contributed by atoms with Crippen molar-refractivity contribution in [3.05, 3.63) is 59.4 Å². The highest BCUT2D eigenvalue weighted by atomic mass is 19.1. The molecule has 2 aromatic rings. The maximum Gasteiger partial charge on any atom is 0.248 e. The van der Waals surface area contributed by atoms with Crippen molar-refractivity contribution in [3.8, 4) is 5.75 Å². The summed E-state index contributed by atoms with van der Waals surface area (Å²) < 4.78 is 29.9. The normalized spacial score (nSPS) is 16.5. The molecule has 4 rings (SSSR count). The summed E-state index contributed by atoms with van der Waals surface area (Å²) in [7, 11) is 0. The molecule has 28 heavy (non-hydrogen) atoms. The van der Waals surface area contributed by atoms with Gasteiger partial charge in [-0.1, -0.05) is 12.1 Å². The van der Waals surface area contributed by atoms with Crippen LogP contribution in [0.5, 0.6) is 5.75 Å². The Morgan fingerprint density at radius 1 is 1.14 bits per heavy atom. The van der Waals surface area contributed by atoms with Crippen molar-refractivity contribution < 1.29 is 23.4 Å². The van der Waals surface area contributed by atoms with Gasteiger partial charge in [0.1, 0.15) is 11.6 Å². The first-order valence-electron chi connectivity index (χ1n) is 9.14. The fourth-order valence-electron chi connectivity index (χ4n) is 3.33. The van der Waals surface area contributed by atoms with E-state index in [0.717, 1.165) is 24.5 Å². The van der Waals surface area contributed by atoms with Crippen LogP contribution in [0, 0.1) is 5.82 Å². The second kappa shape index (κ2) is 8.41. The van der Waals surface area contributed by atoms with Crippen molar-refractivity contribution in [2.75, 3.05) is 43.3 Å². The SMILES string of the molecule is O=C(C=Cc1cc(F)cc2c1OCOC2)Nc1ccccc1N1CCOCC1. The van der Waals surface area contributed by atoms with E-state index in [9.17, 15) is 9.18 Å². The van der Waals surface area contributed by atoms with E-state index in [1.807, 2.05) is 24.3 Å². The predicted molar refractivity (Wildman–Crippen MR) is 104 cm³/mol. The Morgan fingerprint density at radius 2 is 1.96 bits per heavy atom. The number of anilines is 2. The summed E-state index contributed by atoms with van der Waals surface area (Å²) in [6.45, 7) is 3.27. The molecule has 0 aromatic heterocycles. The minimum Gasteiger partial charge on any atom is -0.467 e. The van der Waals surface area contributed by atoms with Crippen molar-refractivity contribution in [2.45, 2.75) is 6.61 Å². The van der Waals surface area contributed by atoms with E-state index in [1.54, 1.807) is 6.08 Å². The van der Waals surface area contributed by atoms with E-state index in [-0.39, 0.29) is 19.3 Å². The molecule has 0 bridgehead atoms. The molecule has 1 fully saturated rings. The molecule has 0 unspecified atom stereocenters. The molecular weight excluding hydrogens is 363 g/mol. The van der Waals surface area contributed by atoms with Crippen molar-refractivity contribution in [3.63, 3.8) is 0 Å². The zero-order valence-corrected chi connectivity index (χ0v) is 15.3. The number of benzene rings is 2. The summed E-state index contributed by atoms with van der Waals surface area (Å²) in [5.74, 6) is -0.151. The molecule has 7 heteroatoms. The van der Waals surface area contributed by atoms with Gasteiger partial charge in [0.25, 0.3) is 0 Å². The highest BCUT2D eigenvalue weighted by Crippen LogP contribution is 2.30. The van der Waals surface area contributed by atoms with Gasteiger partial charge in [0.2, 0.25) is 5.91 Å². The third-order valence-electron chi connectivity index (χ3n) is 4.63. The number of ether oxygens (including phenoxy) is 3. The lowest BCUT2D eigenvalue weighted by Gasteiger charge is -2.30. The van der Waals surface area contributed by atoms with E-state index in [0.29, 0.717) is 30.1 Å². The number of para-hydroxylation sites is 2. The number of carbonyl (C=O) groups excluding carboxylic acids is 1. The second-order valence-corrected chi connectivity index (χ2v) is 6.53. The third-order valence-corrected chi connectivity index (χ3v) is 4.63. The van der Waals surface area contributed by atoms with Gasteiger partial charge in [0.15, 0.2) is 6.79 Å². The molecule has 146 valence electrons. The first kappa shape index (κ1) is 18.5. The number of amides is 1. The fourth-order valence-corrected chi connectivity index (χ4v) is 3.33. The van der Waals surface area contributed by atoms with Crippen LogP contribution in [0.2, 0.25) is 0 Å². The van der Waals surface area contributed by atoms with Gasteiger partial charge in [-0.15, -0.1) is 0 Å². The predicted octanol–water partition coefficient (Wildman–Crippen LogP) is 3.18. The van der Waals surface area contributed by atoms with Crippen molar-refractivity contribution in [2.24, 2.45) is 0 Å². The summed E-state index contributed by atoms with van der Waals surface area (Å²) >= 11 is 0. The lowest BCUT2D eigenvalue weighted by atomic mass is 10.1. The summed E-state index contributed by atoms with van der Waals surface area (Å²) in [6.07, 6.45) is 2.93. The van der Waals surface area contributed by atoms with E-state index in [4.69, 9.17) is 14.2 Å². The van der Waals surface area contributed by atoms with Crippen LogP contribution in [0.3, 0.4) is 0 Å². The Morgan fingerprint density at radius 3 is 2.82 bits per heavy atom. The van der Waals surface area contributed by atoms with E-state index < -0.39 is 5.82 Å². The van der Waals surface area contributed by atoms with E-state index in [2.05, 4.69) is 10.2 Å². The number of hydrogen-bond donors (Lipinski definition) is 1. The highest BCUT2D eigenvalue weighted by Gasteiger charge is 2.17. The Balaban J connectivity index is 1.51. The van der Waals surface area contributed by atoms with E-state index >= 15 is 0 Å². The van der Waals surface area contributed by atoms with Gasteiger partial charge in [-0.3, -0.25) is 4.79 Å².